The molecule has 62 heavy (non-hydrogen) atoms. The van der Waals surface area contributed by atoms with E-state index < -0.39 is 0 Å². The summed E-state index contributed by atoms with van der Waals surface area (Å²) in [6.45, 7) is 0. The summed E-state index contributed by atoms with van der Waals surface area (Å²) < 4.78 is 7.69. The molecule has 4 heteroatoms. The number of fused-ring (bicyclic) bond motifs is 11. The van der Waals surface area contributed by atoms with Gasteiger partial charge in [0.05, 0.1) is 16.7 Å². The number of anilines is 3. The van der Waals surface area contributed by atoms with Gasteiger partial charge < -0.3 is 9.47 Å². The van der Waals surface area contributed by atoms with Crippen LogP contribution in [-0.4, -0.2) is 4.57 Å². The van der Waals surface area contributed by atoms with Crippen LogP contribution >= 0.6 is 22.7 Å². The maximum absolute atomic E-state index is 2.45. The van der Waals surface area contributed by atoms with Gasteiger partial charge in [0.15, 0.2) is 0 Å². The molecule has 0 radical (unpaired) electrons. The number of aromatic nitrogens is 1. The van der Waals surface area contributed by atoms with E-state index in [-0.39, 0.29) is 0 Å². The first kappa shape index (κ1) is 35.3. The number of thiophene rings is 2. The fourth-order valence-electron chi connectivity index (χ4n) is 9.68. The second-order valence-electron chi connectivity index (χ2n) is 16.1. The van der Waals surface area contributed by atoms with Crippen molar-refractivity contribution in [2.24, 2.45) is 0 Å². The van der Waals surface area contributed by atoms with Gasteiger partial charge in [0.1, 0.15) is 0 Å². The third kappa shape index (κ3) is 5.54. The minimum atomic E-state index is 1.11. The summed E-state index contributed by atoms with van der Waals surface area (Å²) >= 11 is 3.72. The maximum Gasteiger partial charge on any atom is 0.0619 e. The maximum atomic E-state index is 2.45. The Balaban J connectivity index is 0.944. The molecule has 0 atom stereocenters. The van der Waals surface area contributed by atoms with Crippen LogP contribution in [0.4, 0.5) is 17.1 Å². The van der Waals surface area contributed by atoms with Crippen LogP contribution in [-0.2, 0) is 0 Å². The van der Waals surface area contributed by atoms with Gasteiger partial charge in [-0.1, -0.05) is 140 Å². The van der Waals surface area contributed by atoms with Crippen molar-refractivity contribution in [2.75, 3.05) is 4.90 Å². The lowest BCUT2D eigenvalue weighted by molar-refractivity contribution is 1.19. The van der Waals surface area contributed by atoms with Crippen LogP contribution in [0.2, 0.25) is 0 Å². The molecule has 10 aromatic carbocycles. The van der Waals surface area contributed by atoms with Crippen LogP contribution in [0.5, 0.6) is 0 Å². The van der Waals surface area contributed by atoms with Crippen molar-refractivity contribution < 1.29 is 0 Å². The molecule has 13 aromatic rings. The lowest BCUT2D eigenvalue weighted by atomic mass is 10.0. The Kier molecular flexibility index (Phi) is 7.99. The number of hydrogen-bond donors (Lipinski definition) is 0. The molecule has 0 fully saturated rings. The highest BCUT2D eigenvalue weighted by Crippen LogP contribution is 2.46. The molecule has 3 aromatic heterocycles. The Bertz CT molecular complexity index is 3850. The van der Waals surface area contributed by atoms with Crippen molar-refractivity contribution in [1.29, 1.82) is 0 Å². The first-order valence-electron chi connectivity index (χ1n) is 21.1. The standard InChI is InChI=1S/C58H36N2S2/c1-2-12-42(13-3-1)60-52-36-41(26-32-46(52)48-33-25-39-11-4-5-14-45(39)58(48)60)38-23-30-44(31-24-38)59(51-17-10-20-56-57(51)49-16-7-9-19-54(49)62-56)43-28-21-37(22-29-43)40-27-34-55-50(35-40)47-15-6-8-18-53(47)61-55/h1-36H. The number of benzene rings is 10. The molecule has 0 saturated carbocycles. The number of para-hydroxylation sites is 1. The van der Waals surface area contributed by atoms with Crippen molar-refractivity contribution in [1.82, 2.24) is 4.57 Å². The Morgan fingerprint density at radius 1 is 0.339 bits per heavy atom. The molecule has 0 spiro atoms. The fraction of sp³-hybridized carbons (Fsp3) is 0. The average molecular weight is 825 g/mol. The van der Waals surface area contributed by atoms with Gasteiger partial charge in [-0.2, -0.15) is 0 Å². The van der Waals surface area contributed by atoms with Gasteiger partial charge in [0.25, 0.3) is 0 Å². The predicted octanol–water partition coefficient (Wildman–Crippen LogP) is 17.5. The van der Waals surface area contributed by atoms with Gasteiger partial charge in [-0.05, 0) is 107 Å². The van der Waals surface area contributed by atoms with E-state index in [9.17, 15) is 0 Å². The van der Waals surface area contributed by atoms with E-state index in [1.165, 1.54) is 101 Å². The summed E-state index contributed by atoms with van der Waals surface area (Å²) in [5.41, 5.74) is 11.8. The molecule has 290 valence electrons. The van der Waals surface area contributed by atoms with Crippen molar-refractivity contribution in [3.8, 4) is 27.9 Å². The summed E-state index contributed by atoms with van der Waals surface area (Å²) in [5, 5.41) is 10.2. The highest BCUT2D eigenvalue weighted by Gasteiger charge is 2.20. The molecule has 0 unspecified atom stereocenters. The second-order valence-corrected chi connectivity index (χ2v) is 18.2. The molecule has 13 rings (SSSR count). The molecule has 0 saturated heterocycles. The highest BCUT2D eigenvalue weighted by molar-refractivity contribution is 7.26. The van der Waals surface area contributed by atoms with Crippen LogP contribution in [0.3, 0.4) is 0 Å². The zero-order chi connectivity index (χ0) is 40.7. The van der Waals surface area contributed by atoms with E-state index in [4.69, 9.17) is 0 Å². The molecule has 0 aliphatic carbocycles. The first-order chi connectivity index (χ1) is 30.7. The number of nitrogens with zero attached hydrogens (tertiary/aromatic N) is 2. The minimum Gasteiger partial charge on any atom is -0.310 e. The summed E-state index contributed by atoms with van der Waals surface area (Å²) in [6, 6.07) is 80.5. The Morgan fingerprint density at radius 2 is 0.903 bits per heavy atom. The van der Waals surface area contributed by atoms with Crippen LogP contribution in [0.1, 0.15) is 0 Å². The lowest BCUT2D eigenvalue weighted by Gasteiger charge is -2.27. The van der Waals surface area contributed by atoms with E-state index >= 15 is 0 Å². The van der Waals surface area contributed by atoms with Crippen molar-refractivity contribution >= 4 is 113 Å². The van der Waals surface area contributed by atoms with Crippen LogP contribution in [0.15, 0.2) is 218 Å². The van der Waals surface area contributed by atoms with Gasteiger partial charge in [-0.3, -0.25) is 0 Å². The smallest absolute Gasteiger partial charge is 0.0619 e. The predicted molar refractivity (Wildman–Crippen MR) is 270 cm³/mol. The molecule has 2 nitrogen and oxygen atoms in total. The topological polar surface area (TPSA) is 8.17 Å². The van der Waals surface area contributed by atoms with Crippen molar-refractivity contribution in [3.63, 3.8) is 0 Å². The molecule has 0 aliphatic rings. The van der Waals surface area contributed by atoms with Crippen molar-refractivity contribution in [2.45, 2.75) is 0 Å². The number of hydrogen-bond acceptors (Lipinski definition) is 3. The summed E-state index contributed by atoms with van der Waals surface area (Å²) in [5.74, 6) is 0. The second kappa shape index (κ2) is 14.0. The average Bonchev–Trinajstić information content (AvgIpc) is 4.02. The van der Waals surface area contributed by atoms with E-state index in [2.05, 4.69) is 228 Å². The quantitative estimate of drug-likeness (QED) is 0.162. The molecule has 0 amide bonds. The van der Waals surface area contributed by atoms with E-state index in [0.717, 1.165) is 17.1 Å². The van der Waals surface area contributed by atoms with Gasteiger partial charge in [-0.25, -0.2) is 0 Å². The zero-order valence-corrected chi connectivity index (χ0v) is 35.1. The van der Waals surface area contributed by atoms with Crippen LogP contribution < -0.4 is 4.90 Å². The minimum absolute atomic E-state index is 1.11. The van der Waals surface area contributed by atoms with Gasteiger partial charge in [0, 0.05) is 73.6 Å². The third-order valence-corrected chi connectivity index (χ3v) is 14.9. The lowest BCUT2D eigenvalue weighted by Crippen LogP contribution is -2.10. The van der Waals surface area contributed by atoms with Gasteiger partial charge in [0.2, 0.25) is 0 Å². The third-order valence-electron chi connectivity index (χ3n) is 12.6. The summed E-state index contributed by atoms with van der Waals surface area (Å²) in [7, 11) is 0. The molecule has 0 N–H and O–H groups in total. The molecule has 0 aliphatic heterocycles. The van der Waals surface area contributed by atoms with E-state index in [0.29, 0.717) is 0 Å². The number of rotatable bonds is 6. The van der Waals surface area contributed by atoms with Gasteiger partial charge >= 0.3 is 0 Å². The largest absolute Gasteiger partial charge is 0.310 e. The molecular weight excluding hydrogens is 789 g/mol. The van der Waals surface area contributed by atoms with E-state index in [1.54, 1.807) is 0 Å². The monoisotopic (exact) mass is 824 g/mol. The SMILES string of the molecule is c1ccc(-n2c3cc(-c4ccc(N(c5ccc(-c6ccc7sc8ccccc8c7c6)cc5)c5cccc6sc7ccccc7c56)cc4)ccc3c3ccc4ccccc4c32)cc1. The first-order valence-corrected chi connectivity index (χ1v) is 22.7. The Hall–Kier alpha value is -7.50. The summed E-state index contributed by atoms with van der Waals surface area (Å²) in [6.07, 6.45) is 0. The normalized spacial score (nSPS) is 11.9. The van der Waals surface area contributed by atoms with Crippen LogP contribution in [0.25, 0.3) is 101 Å². The van der Waals surface area contributed by atoms with Crippen LogP contribution in [0, 0.1) is 0 Å². The van der Waals surface area contributed by atoms with Gasteiger partial charge in [-0.15, -0.1) is 22.7 Å². The summed E-state index contributed by atoms with van der Waals surface area (Å²) in [4.78, 5) is 2.44. The zero-order valence-electron chi connectivity index (χ0n) is 33.5. The molecule has 3 heterocycles. The van der Waals surface area contributed by atoms with Crippen molar-refractivity contribution in [3.05, 3.63) is 218 Å². The van der Waals surface area contributed by atoms with E-state index in [1.807, 2.05) is 22.7 Å². The molecule has 0 bridgehead atoms. The fourth-order valence-corrected chi connectivity index (χ4v) is 11.9. The Labute approximate surface area is 366 Å². The Morgan fingerprint density at radius 3 is 1.68 bits per heavy atom. The molecular formula is C58H36N2S2. The highest BCUT2D eigenvalue weighted by atomic mass is 32.1.